The van der Waals surface area contributed by atoms with Crippen molar-refractivity contribution in [2.45, 2.75) is 11.9 Å². The molecule has 2 aromatic rings. The van der Waals surface area contributed by atoms with E-state index < -0.39 is 40.5 Å². The summed E-state index contributed by atoms with van der Waals surface area (Å²) in [6.45, 7) is 0. The molecule has 1 aromatic carbocycles. The van der Waals surface area contributed by atoms with Crippen LogP contribution in [0.1, 0.15) is 21.9 Å². The summed E-state index contributed by atoms with van der Waals surface area (Å²) >= 11 is -2.42. The summed E-state index contributed by atoms with van der Waals surface area (Å²) in [6, 6.07) is 6.48. The molecule has 10 heteroatoms. The second kappa shape index (κ2) is 7.05. The van der Waals surface area contributed by atoms with Crippen molar-refractivity contribution in [2.75, 3.05) is 7.11 Å². The van der Waals surface area contributed by atoms with Gasteiger partial charge in [-0.15, -0.1) is 0 Å². The number of carbonyl (C=O) groups is 1. The minimum atomic E-state index is -4.77. The first-order valence-electron chi connectivity index (χ1n) is 6.42. The van der Waals surface area contributed by atoms with Crippen LogP contribution in [0.3, 0.4) is 0 Å². The molecule has 1 heterocycles. The molecule has 0 bridgehead atoms. The van der Waals surface area contributed by atoms with Crippen LogP contribution < -0.4 is 0 Å². The van der Waals surface area contributed by atoms with E-state index in [1.165, 1.54) is 24.3 Å². The number of ether oxygens (including phenoxy) is 1. The molecule has 0 fully saturated rings. The van der Waals surface area contributed by atoms with Gasteiger partial charge < -0.3 is 9.29 Å². The normalized spacial score (nSPS) is 12.7. The lowest BCUT2D eigenvalue weighted by molar-refractivity contribution is -0.141. The molecule has 0 saturated carbocycles. The van der Waals surface area contributed by atoms with E-state index in [1.54, 1.807) is 0 Å². The van der Waals surface area contributed by atoms with E-state index in [-0.39, 0.29) is 16.8 Å². The minimum absolute atomic E-state index is 0.0166. The van der Waals surface area contributed by atoms with Gasteiger partial charge in [-0.05, 0) is 12.1 Å². The lowest BCUT2D eigenvalue weighted by atomic mass is 10.0. The average Bonchev–Trinajstić information content (AvgIpc) is 2.52. The third-order valence-corrected chi connectivity index (χ3v) is 3.43. The van der Waals surface area contributed by atoms with Gasteiger partial charge in [-0.3, -0.25) is 0 Å². The number of benzene rings is 1. The number of carbonyl (C=O) groups excluding carboxylic acids is 1. The first kappa shape index (κ1) is 18.0. The van der Waals surface area contributed by atoms with Gasteiger partial charge in [0.1, 0.15) is 17.3 Å². The van der Waals surface area contributed by atoms with Crippen LogP contribution in [-0.4, -0.2) is 31.8 Å². The zero-order valence-corrected chi connectivity index (χ0v) is 13.0. The number of alkyl halides is 3. The number of esters is 1. The molecule has 1 aromatic heterocycles. The quantitative estimate of drug-likeness (QED) is 0.666. The number of hydrogen-bond acceptors (Lipinski definition) is 5. The molecule has 0 amide bonds. The highest BCUT2D eigenvalue weighted by molar-refractivity contribution is 7.78. The third-order valence-electron chi connectivity index (χ3n) is 2.92. The van der Waals surface area contributed by atoms with Gasteiger partial charge in [-0.25, -0.2) is 19.0 Å². The second-order valence-electron chi connectivity index (χ2n) is 4.56. The molecule has 0 saturated heterocycles. The summed E-state index contributed by atoms with van der Waals surface area (Å²) in [5, 5.41) is 0. The van der Waals surface area contributed by atoms with Crippen molar-refractivity contribution in [2.24, 2.45) is 0 Å². The highest BCUT2D eigenvalue weighted by Gasteiger charge is 2.34. The summed E-state index contributed by atoms with van der Waals surface area (Å²) in [5.41, 5.74) is -1.35. The predicted octanol–water partition coefficient (Wildman–Crippen LogP) is 2.67. The van der Waals surface area contributed by atoms with Gasteiger partial charge in [0.15, 0.2) is 11.1 Å². The second-order valence-corrected chi connectivity index (χ2v) is 5.49. The zero-order valence-electron chi connectivity index (χ0n) is 12.2. The molecular weight excluding hydrogens is 349 g/mol. The summed E-state index contributed by atoms with van der Waals surface area (Å²) in [5.74, 6) is -1.87. The van der Waals surface area contributed by atoms with E-state index in [4.69, 9.17) is 4.55 Å². The van der Waals surface area contributed by atoms with E-state index in [0.29, 0.717) is 6.07 Å². The van der Waals surface area contributed by atoms with Crippen LogP contribution in [0, 0.1) is 0 Å². The Morgan fingerprint density at radius 3 is 2.54 bits per heavy atom. The fourth-order valence-corrected chi connectivity index (χ4v) is 2.30. The highest BCUT2D eigenvalue weighted by atomic mass is 32.2. The number of halogens is 3. The van der Waals surface area contributed by atoms with Crippen LogP contribution in [0.5, 0.6) is 0 Å². The van der Waals surface area contributed by atoms with Crippen LogP contribution in [0.2, 0.25) is 0 Å². The van der Waals surface area contributed by atoms with Crippen molar-refractivity contribution >= 4 is 17.0 Å². The lowest BCUT2D eigenvalue weighted by Crippen LogP contribution is -2.13. The molecule has 6 nitrogen and oxygen atoms in total. The Morgan fingerprint density at radius 1 is 1.29 bits per heavy atom. The standard InChI is InChI=1S/C14H11F3N2O4S/c1-23-13(20)9-5-3-2-4-8(9)10-6-11(14(15,16)17)19-12(18-10)7-24(21)22/h2-6H,7H2,1H3,(H,21,22). The number of rotatable bonds is 4. The summed E-state index contributed by atoms with van der Waals surface area (Å²) in [7, 11) is 1.14. The van der Waals surface area contributed by atoms with Crippen molar-refractivity contribution in [3.05, 3.63) is 47.4 Å². The summed E-state index contributed by atoms with van der Waals surface area (Å²) in [6.07, 6.45) is -4.77. The van der Waals surface area contributed by atoms with E-state index >= 15 is 0 Å². The van der Waals surface area contributed by atoms with Crippen LogP contribution >= 0.6 is 0 Å². The molecule has 1 unspecified atom stereocenters. The van der Waals surface area contributed by atoms with Crippen molar-refractivity contribution in [3.8, 4) is 11.3 Å². The average molecular weight is 360 g/mol. The van der Waals surface area contributed by atoms with Crippen LogP contribution in [0.25, 0.3) is 11.3 Å². The number of methoxy groups -OCH3 is 1. The Bertz CT molecular complexity index is 796. The molecule has 0 aliphatic carbocycles. The van der Waals surface area contributed by atoms with E-state index in [1.807, 2.05) is 0 Å². The molecule has 1 atom stereocenters. The van der Waals surface area contributed by atoms with Gasteiger partial charge in [0.25, 0.3) is 0 Å². The molecular formula is C14H11F3N2O4S. The van der Waals surface area contributed by atoms with Crippen molar-refractivity contribution in [1.29, 1.82) is 0 Å². The van der Waals surface area contributed by atoms with Gasteiger partial charge in [-0.2, -0.15) is 13.2 Å². The number of hydrogen-bond donors (Lipinski definition) is 1. The van der Waals surface area contributed by atoms with Crippen molar-refractivity contribution in [1.82, 2.24) is 9.97 Å². The maximum absolute atomic E-state index is 13.0. The number of aromatic nitrogens is 2. The van der Waals surface area contributed by atoms with Gasteiger partial charge in [0.05, 0.1) is 18.4 Å². The van der Waals surface area contributed by atoms with E-state index in [0.717, 1.165) is 7.11 Å². The molecule has 0 aliphatic rings. The first-order chi connectivity index (χ1) is 11.2. The largest absolute Gasteiger partial charge is 0.465 e. The van der Waals surface area contributed by atoms with Gasteiger partial charge in [0, 0.05) is 5.56 Å². The molecule has 0 spiro atoms. The molecule has 1 N–H and O–H groups in total. The number of nitrogens with zero attached hydrogens (tertiary/aromatic N) is 2. The Balaban J connectivity index is 2.66. The minimum Gasteiger partial charge on any atom is -0.465 e. The van der Waals surface area contributed by atoms with Gasteiger partial charge >= 0.3 is 12.1 Å². The fourth-order valence-electron chi connectivity index (χ4n) is 1.95. The maximum Gasteiger partial charge on any atom is 0.433 e. The molecule has 2 rings (SSSR count). The summed E-state index contributed by atoms with van der Waals surface area (Å²) < 4.78 is 63.4. The Morgan fingerprint density at radius 2 is 1.96 bits per heavy atom. The monoisotopic (exact) mass is 360 g/mol. The Labute approximate surface area is 137 Å². The Kier molecular flexibility index (Phi) is 5.30. The summed E-state index contributed by atoms with van der Waals surface area (Å²) in [4.78, 5) is 18.9. The Hall–Kier alpha value is -2.33. The van der Waals surface area contributed by atoms with E-state index in [2.05, 4.69) is 14.7 Å². The molecule has 0 aliphatic heterocycles. The van der Waals surface area contributed by atoms with Gasteiger partial charge in [0.2, 0.25) is 0 Å². The smallest absolute Gasteiger partial charge is 0.433 e. The highest BCUT2D eigenvalue weighted by Crippen LogP contribution is 2.31. The van der Waals surface area contributed by atoms with Crippen molar-refractivity contribution < 1.29 is 31.5 Å². The van der Waals surface area contributed by atoms with Crippen LogP contribution in [-0.2, 0) is 27.7 Å². The van der Waals surface area contributed by atoms with Crippen molar-refractivity contribution in [3.63, 3.8) is 0 Å². The predicted molar refractivity (Wildman–Crippen MR) is 78.3 cm³/mol. The van der Waals surface area contributed by atoms with E-state index in [9.17, 15) is 22.2 Å². The SMILES string of the molecule is COC(=O)c1ccccc1-c1cc(C(F)(F)F)nc(CS(=O)O)n1. The first-order valence-corrected chi connectivity index (χ1v) is 7.70. The molecule has 24 heavy (non-hydrogen) atoms. The topological polar surface area (TPSA) is 89.4 Å². The lowest BCUT2D eigenvalue weighted by Gasteiger charge is -2.12. The molecule has 128 valence electrons. The van der Waals surface area contributed by atoms with Crippen LogP contribution in [0.4, 0.5) is 13.2 Å². The molecule has 0 radical (unpaired) electrons. The maximum atomic E-state index is 13.0. The zero-order chi connectivity index (χ0) is 17.9. The van der Waals surface area contributed by atoms with Crippen LogP contribution in [0.15, 0.2) is 30.3 Å². The third kappa shape index (κ3) is 4.15. The fraction of sp³-hybridized carbons (Fsp3) is 0.214. The van der Waals surface area contributed by atoms with Gasteiger partial charge in [-0.1, -0.05) is 18.2 Å².